The maximum Gasteiger partial charge on any atom is 0.234 e. The third-order valence-corrected chi connectivity index (χ3v) is 7.02. The number of hydrogen-bond acceptors (Lipinski definition) is 6. The van der Waals surface area contributed by atoms with Crippen LogP contribution in [-0.4, -0.2) is 35.8 Å². The molecule has 0 saturated carbocycles. The molecule has 0 unspecified atom stereocenters. The van der Waals surface area contributed by atoms with E-state index in [1.807, 2.05) is 72.9 Å². The van der Waals surface area contributed by atoms with Gasteiger partial charge in [0.25, 0.3) is 0 Å². The zero-order valence-electron chi connectivity index (χ0n) is 20.8. The Kier molecular flexibility index (Phi) is 7.29. The van der Waals surface area contributed by atoms with Crippen LogP contribution >= 0.6 is 11.8 Å². The first-order valence-electron chi connectivity index (χ1n) is 11.8. The van der Waals surface area contributed by atoms with Gasteiger partial charge in [-0.1, -0.05) is 48.2 Å². The van der Waals surface area contributed by atoms with Crippen molar-refractivity contribution in [2.75, 3.05) is 25.3 Å². The Bertz CT molecular complexity index is 1660. The lowest BCUT2D eigenvalue weighted by atomic mass is 9.98. The summed E-state index contributed by atoms with van der Waals surface area (Å²) in [5, 5.41) is 14.7. The van der Waals surface area contributed by atoms with Gasteiger partial charge in [0.1, 0.15) is 22.6 Å². The second kappa shape index (κ2) is 11.1. The van der Waals surface area contributed by atoms with Gasteiger partial charge in [-0.15, -0.1) is 0 Å². The standard InChI is InChI=1S/C30H24N4O3S/c1-36-22-10-11-28(37-2)24(15-22)23-16-27(19-6-4-3-5-7-19)34-30(25(23)17-31)38-18-29(35)33-21-9-8-20-12-13-32-26(20)14-21/h3-16,32H,18H2,1-2H3,(H,33,35). The lowest BCUT2D eigenvalue weighted by Gasteiger charge is -2.15. The molecule has 5 aromatic rings. The average Bonchev–Trinajstić information content (AvgIpc) is 3.43. The number of benzene rings is 3. The number of carbonyl (C=O) groups is 1. The third-order valence-electron chi connectivity index (χ3n) is 6.04. The molecule has 1 amide bonds. The highest BCUT2D eigenvalue weighted by atomic mass is 32.2. The fourth-order valence-corrected chi connectivity index (χ4v) is 4.99. The Morgan fingerprint density at radius 3 is 2.61 bits per heavy atom. The van der Waals surface area contributed by atoms with Crippen LogP contribution in [0.1, 0.15) is 5.56 Å². The van der Waals surface area contributed by atoms with E-state index in [-0.39, 0.29) is 11.7 Å². The van der Waals surface area contributed by atoms with Gasteiger partial charge < -0.3 is 19.8 Å². The van der Waals surface area contributed by atoms with Crippen molar-refractivity contribution in [1.82, 2.24) is 9.97 Å². The van der Waals surface area contributed by atoms with E-state index in [2.05, 4.69) is 16.4 Å². The number of pyridine rings is 1. The molecule has 0 fully saturated rings. The Morgan fingerprint density at radius 1 is 1.00 bits per heavy atom. The van der Waals surface area contributed by atoms with E-state index >= 15 is 0 Å². The first-order valence-corrected chi connectivity index (χ1v) is 12.8. The molecule has 38 heavy (non-hydrogen) atoms. The van der Waals surface area contributed by atoms with Gasteiger partial charge >= 0.3 is 0 Å². The lowest BCUT2D eigenvalue weighted by molar-refractivity contribution is -0.113. The number of rotatable bonds is 8. The molecule has 0 spiro atoms. The van der Waals surface area contributed by atoms with Crippen molar-refractivity contribution in [3.05, 3.63) is 90.6 Å². The van der Waals surface area contributed by atoms with Crippen LogP contribution in [0.15, 0.2) is 90.1 Å². The minimum atomic E-state index is -0.197. The molecule has 7 nitrogen and oxygen atoms in total. The quantitative estimate of drug-likeness (QED) is 0.226. The van der Waals surface area contributed by atoms with Crippen LogP contribution in [0.25, 0.3) is 33.3 Å². The monoisotopic (exact) mass is 520 g/mol. The second-order valence-electron chi connectivity index (χ2n) is 8.40. The molecule has 3 aromatic carbocycles. The molecule has 2 N–H and O–H groups in total. The fraction of sp³-hybridized carbons (Fsp3) is 0.100. The zero-order chi connectivity index (χ0) is 26.5. The van der Waals surface area contributed by atoms with Crippen LogP contribution in [0.2, 0.25) is 0 Å². The van der Waals surface area contributed by atoms with Crippen LogP contribution in [-0.2, 0) is 4.79 Å². The molecule has 0 radical (unpaired) electrons. The van der Waals surface area contributed by atoms with Gasteiger partial charge in [0.2, 0.25) is 5.91 Å². The Morgan fingerprint density at radius 2 is 1.84 bits per heavy atom. The topological polar surface area (TPSA) is 100 Å². The highest BCUT2D eigenvalue weighted by Crippen LogP contribution is 2.40. The summed E-state index contributed by atoms with van der Waals surface area (Å²) in [7, 11) is 3.17. The van der Waals surface area contributed by atoms with Gasteiger partial charge in [-0.05, 0) is 47.9 Å². The van der Waals surface area contributed by atoms with Crippen LogP contribution < -0.4 is 14.8 Å². The van der Waals surface area contributed by atoms with E-state index in [1.54, 1.807) is 26.4 Å². The molecule has 0 bridgehead atoms. The van der Waals surface area contributed by atoms with E-state index < -0.39 is 0 Å². The van der Waals surface area contributed by atoms with Gasteiger partial charge in [0, 0.05) is 34.1 Å². The predicted molar refractivity (Wildman–Crippen MR) is 151 cm³/mol. The van der Waals surface area contributed by atoms with Crippen molar-refractivity contribution < 1.29 is 14.3 Å². The van der Waals surface area contributed by atoms with Gasteiger partial charge in [-0.2, -0.15) is 5.26 Å². The van der Waals surface area contributed by atoms with Crippen molar-refractivity contribution in [1.29, 1.82) is 5.26 Å². The van der Waals surface area contributed by atoms with Crippen LogP contribution in [0.5, 0.6) is 11.5 Å². The van der Waals surface area contributed by atoms with Crippen molar-refractivity contribution in [3.63, 3.8) is 0 Å². The predicted octanol–water partition coefficient (Wildman–Crippen LogP) is 6.52. The molecule has 2 aromatic heterocycles. The molecule has 0 saturated heterocycles. The summed E-state index contributed by atoms with van der Waals surface area (Å²) < 4.78 is 11.1. The number of amides is 1. The number of methoxy groups -OCH3 is 2. The number of H-pyrrole nitrogens is 1. The normalized spacial score (nSPS) is 10.7. The number of anilines is 1. The number of nitriles is 1. The number of nitrogens with one attached hydrogen (secondary N) is 2. The summed E-state index contributed by atoms with van der Waals surface area (Å²) in [6, 6.07) is 27.0. The summed E-state index contributed by atoms with van der Waals surface area (Å²) in [6.07, 6.45) is 1.86. The molecule has 8 heteroatoms. The number of hydrogen-bond donors (Lipinski definition) is 2. The van der Waals surface area contributed by atoms with Gasteiger partial charge in [-0.3, -0.25) is 4.79 Å². The number of aromatic nitrogens is 2. The number of ether oxygens (including phenoxy) is 2. The third kappa shape index (κ3) is 5.19. The summed E-state index contributed by atoms with van der Waals surface area (Å²) in [6.45, 7) is 0. The maximum atomic E-state index is 12.9. The van der Waals surface area contributed by atoms with E-state index in [9.17, 15) is 10.1 Å². The SMILES string of the molecule is COc1ccc(OC)c(-c2cc(-c3ccccc3)nc(SCC(=O)Nc3ccc4cc[nH]c4c3)c2C#N)c1. The Hall–Kier alpha value is -4.74. The average molecular weight is 521 g/mol. The summed E-state index contributed by atoms with van der Waals surface area (Å²) in [4.78, 5) is 20.8. The van der Waals surface area contributed by atoms with E-state index in [0.717, 1.165) is 16.5 Å². The van der Waals surface area contributed by atoms with E-state index in [0.29, 0.717) is 44.6 Å². The zero-order valence-corrected chi connectivity index (χ0v) is 21.6. The molecule has 2 heterocycles. The summed E-state index contributed by atoms with van der Waals surface area (Å²) >= 11 is 1.22. The maximum absolute atomic E-state index is 12.9. The minimum absolute atomic E-state index is 0.0807. The highest BCUT2D eigenvalue weighted by molar-refractivity contribution is 8.00. The van der Waals surface area contributed by atoms with Crippen molar-refractivity contribution >= 4 is 34.3 Å². The van der Waals surface area contributed by atoms with Gasteiger partial charge in [0.15, 0.2) is 0 Å². The van der Waals surface area contributed by atoms with Crippen molar-refractivity contribution in [2.45, 2.75) is 5.03 Å². The second-order valence-corrected chi connectivity index (χ2v) is 9.36. The number of carbonyl (C=O) groups excluding carboxylic acids is 1. The van der Waals surface area contributed by atoms with Crippen LogP contribution in [0.4, 0.5) is 5.69 Å². The first-order chi connectivity index (χ1) is 18.6. The molecule has 0 aliphatic heterocycles. The molecular formula is C30H24N4O3S. The van der Waals surface area contributed by atoms with Crippen molar-refractivity contribution in [3.8, 4) is 40.0 Å². The summed E-state index contributed by atoms with van der Waals surface area (Å²) in [5.74, 6) is 1.12. The molecule has 5 rings (SSSR count). The molecular weight excluding hydrogens is 496 g/mol. The van der Waals surface area contributed by atoms with Crippen LogP contribution in [0.3, 0.4) is 0 Å². The number of nitrogens with zero attached hydrogens (tertiary/aromatic N) is 2. The van der Waals surface area contributed by atoms with Crippen molar-refractivity contribution in [2.24, 2.45) is 0 Å². The largest absolute Gasteiger partial charge is 0.497 e. The minimum Gasteiger partial charge on any atom is -0.497 e. The summed E-state index contributed by atoms with van der Waals surface area (Å²) in [5.41, 5.74) is 4.93. The van der Waals surface area contributed by atoms with E-state index in [4.69, 9.17) is 14.5 Å². The highest BCUT2D eigenvalue weighted by Gasteiger charge is 2.20. The first kappa shape index (κ1) is 24.9. The number of fused-ring (bicyclic) bond motifs is 1. The fourth-order valence-electron chi connectivity index (χ4n) is 4.18. The molecule has 0 aliphatic carbocycles. The van der Waals surface area contributed by atoms with Gasteiger partial charge in [-0.25, -0.2) is 4.98 Å². The molecule has 0 atom stereocenters. The lowest BCUT2D eigenvalue weighted by Crippen LogP contribution is -2.14. The van der Waals surface area contributed by atoms with Gasteiger partial charge in [0.05, 0.1) is 31.2 Å². The molecule has 0 aliphatic rings. The Labute approximate surface area is 224 Å². The smallest absolute Gasteiger partial charge is 0.234 e. The Balaban J connectivity index is 1.51. The van der Waals surface area contributed by atoms with Crippen LogP contribution in [0, 0.1) is 11.3 Å². The number of aromatic amines is 1. The van der Waals surface area contributed by atoms with E-state index in [1.165, 1.54) is 11.8 Å². The molecule has 188 valence electrons. The number of thioether (sulfide) groups is 1.